The number of hydrogen-bond acceptors (Lipinski definition) is 7. The number of aromatic nitrogens is 2. The van der Waals surface area contributed by atoms with Crippen LogP contribution in [0.25, 0.3) is 10.9 Å². The Bertz CT molecular complexity index is 1570. The van der Waals surface area contributed by atoms with E-state index in [1.54, 1.807) is 36.5 Å². The van der Waals surface area contributed by atoms with Crippen molar-refractivity contribution in [1.82, 2.24) is 15.3 Å². The number of benzene rings is 2. The molecule has 0 bridgehead atoms. The first kappa shape index (κ1) is 25.6. The molecule has 10 nitrogen and oxygen atoms in total. The molecule has 0 aliphatic heterocycles. The highest BCUT2D eigenvalue weighted by Crippen LogP contribution is 2.47. The van der Waals surface area contributed by atoms with Gasteiger partial charge in [0.1, 0.15) is 22.7 Å². The van der Waals surface area contributed by atoms with Gasteiger partial charge in [0.25, 0.3) is 5.91 Å². The molecule has 0 unspecified atom stereocenters. The number of fused-ring (bicyclic) bond motifs is 1. The van der Waals surface area contributed by atoms with Crippen molar-refractivity contribution < 1.29 is 28.2 Å². The molecule has 1 saturated carbocycles. The monoisotopic (exact) mass is 529 g/mol. The van der Waals surface area contributed by atoms with Gasteiger partial charge in [-0.2, -0.15) is 0 Å². The standard InChI is InChI=1S/C28H24FN5O5/c1-30-25(35)20-13-19-21(14-23(20)38-2)31-12-9-22(19)39-24-8-7-18(15-32-24)34-27(37)28(10-11-28)26(36)33-17-5-3-16(29)4-6-17/h3-9,12-15H,10-11H2,1-2H3,(H,30,35)(H,33,36)(H,34,37). The summed E-state index contributed by atoms with van der Waals surface area (Å²) in [5, 5.41) is 8.57. The second kappa shape index (κ2) is 10.4. The average Bonchev–Trinajstić information content (AvgIpc) is 3.77. The molecule has 198 valence electrons. The number of nitrogens with one attached hydrogen (secondary N) is 3. The van der Waals surface area contributed by atoms with Crippen LogP contribution in [0.2, 0.25) is 0 Å². The fraction of sp³-hybridized carbons (Fsp3) is 0.179. The average molecular weight is 530 g/mol. The van der Waals surface area contributed by atoms with Crippen LogP contribution in [0, 0.1) is 11.2 Å². The first-order valence-electron chi connectivity index (χ1n) is 12.0. The predicted molar refractivity (Wildman–Crippen MR) is 141 cm³/mol. The number of rotatable bonds is 8. The van der Waals surface area contributed by atoms with E-state index in [-0.39, 0.29) is 11.8 Å². The molecule has 5 rings (SSSR count). The summed E-state index contributed by atoms with van der Waals surface area (Å²) >= 11 is 0. The van der Waals surface area contributed by atoms with E-state index in [2.05, 4.69) is 25.9 Å². The van der Waals surface area contributed by atoms with Crippen LogP contribution in [0.5, 0.6) is 17.4 Å². The zero-order valence-electron chi connectivity index (χ0n) is 21.1. The van der Waals surface area contributed by atoms with Crippen molar-refractivity contribution in [3.8, 4) is 17.4 Å². The zero-order valence-corrected chi connectivity index (χ0v) is 21.1. The summed E-state index contributed by atoms with van der Waals surface area (Å²) < 4.78 is 24.4. The van der Waals surface area contributed by atoms with E-state index >= 15 is 0 Å². The number of halogens is 1. The van der Waals surface area contributed by atoms with Crippen molar-refractivity contribution in [2.24, 2.45) is 5.41 Å². The molecule has 0 atom stereocenters. The Kier molecular flexibility index (Phi) is 6.80. The fourth-order valence-corrected chi connectivity index (χ4v) is 4.06. The van der Waals surface area contributed by atoms with Crippen molar-refractivity contribution in [3.63, 3.8) is 0 Å². The molecule has 3 N–H and O–H groups in total. The van der Waals surface area contributed by atoms with Gasteiger partial charge in [0, 0.05) is 36.5 Å². The summed E-state index contributed by atoms with van der Waals surface area (Å²) in [5.41, 5.74) is 0.499. The SMILES string of the molecule is CNC(=O)c1cc2c(Oc3ccc(NC(=O)C4(C(=O)Nc5ccc(F)cc5)CC4)cn3)ccnc2cc1OC. The summed E-state index contributed by atoms with van der Waals surface area (Å²) in [6, 6.07) is 13.5. The molecule has 1 aliphatic rings. The number of methoxy groups -OCH3 is 1. The maximum atomic E-state index is 13.1. The van der Waals surface area contributed by atoms with Gasteiger partial charge in [-0.25, -0.2) is 9.37 Å². The van der Waals surface area contributed by atoms with Gasteiger partial charge >= 0.3 is 0 Å². The molecule has 2 heterocycles. The molecular formula is C28H24FN5O5. The van der Waals surface area contributed by atoms with Gasteiger partial charge in [0.2, 0.25) is 17.7 Å². The van der Waals surface area contributed by atoms with Crippen LogP contribution in [-0.4, -0.2) is 41.8 Å². The highest BCUT2D eigenvalue weighted by Gasteiger charge is 2.56. The number of carbonyl (C=O) groups excluding carboxylic acids is 3. The van der Waals surface area contributed by atoms with Crippen molar-refractivity contribution in [1.29, 1.82) is 0 Å². The van der Waals surface area contributed by atoms with Crippen LogP contribution < -0.4 is 25.4 Å². The first-order valence-corrected chi connectivity index (χ1v) is 12.0. The van der Waals surface area contributed by atoms with Gasteiger partial charge in [-0.05, 0) is 55.3 Å². The minimum atomic E-state index is -1.19. The third-order valence-corrected chi connectivity index (χ3v) is 6.42. The van der Waals surface area contributed by atoms with Crippen LogP contribution in [0.3, 0.4) is 0 Å². The van der Waals surface area contributed by atoms with Gasteiger partial charge in [0.05, 0.1) is 30.1 Å². The van der Waals surface area contributed by atoms with E-state index in [0.29, 0.717) is 52.2 Å². The van der Waals surface area contributed by atoms with Gasteiger partial charge in [-0.1, -0.05) is 0 Å². The van der Waals surface area contributed by atoms with Gasteiger partial charge in [0.15, 0.2) is 0 Å². The van der Waals surface area contributed by atoms with Crippen LogP contribution in [-0.2, 0) is 9.59 Å². The smallest absolute Gasteiger partial charge is 0.254 e. The summed E-state index contributed by atoms with van der Waals surface area (Å²) in [7, 11) is 3.00. The Morgan fingerprint density at radius 3 is 2.21 bits per heavy atom. The summed E-state index contributed by atoms with van der Waals surface area (Å²) in [5.74, 6) is -0.589. The summed E-state index contributed by atoms with van der Waals surface area (Å²) in [6.45, 7) is 0. The number of carbonyl (C=O) groups is 3. The second-order valence-electron chi connectivity index (χ2n) is 8.94. The third kappa shape index (κ3) is 5.19. The molecule has 2 aromatic heterocycles. The van der Waals surface area contributed by atoms with Crippen LogP contribution in [0.15, 0.2) is 67.0 Å². The van der Waals surface area contributed by atoms with E-state index < -0.39 is 23.0 Å². The minimum absolute atomic E-state index is 0.244. The molecule has 2 aromatic carbocycles. The lowest BCUT2D eigenvalue weighted by molar-refractivity contribution is -0.131. The second-order valence-corrected chi connectivity index (χ2v) is 8.94. The molecule has 11 heteroatoms. The van der Waals surface area contributed by atoms with E-state index in [1.807, 2.05) is 0 Å². The molecule has 0 spiro atoms. The Morgan fingerprint density at radius 1 is 0.897 bits per heavy atom. The summed E-state index contributed by atoms with van der Waals surface area (Å²) in [4.78, 5) is 46.6. The van der Waals surface area contributed by atoms with E-state index in [4.69, 9.17) is 9.47 Å². The van der Waals surface area contributed by atoms with Gasteiger partial charge < -0.3 is 25.4 Å². The minimum Gasteiger partial charge on any atom is -0.496 e. The Balaban J connectivity index is 1.29. The van der Waals surface area contributed by atoms with Crippen LogP contribution >= 0.6 is 0 Å². The zero-order chi connectivity index (χ0) is 27.6. The molecule has 1 aliphatic carbocycles. The Labute approximate surface area is 222 Å². The molecule has 3 amide bonds. The van der Waals surface area contributed by atoms with Crippen LogP contribution in [0.4, 0.5) is 15.8 Å². The van der Waals surface area contributed by atoms with Crippen molar-refractivity contribution in [2.45, 2.75) is 12.8 Å². The largest absolute Gasteiger partial charge is 0.496 e. The maximum absolute atomic E-state index is 13.1. The van der Waals surface area contributed by atoms with E-state index in [9.17, 15) is 18.8 Å². The lowest BCUT2D eigenvalue weighted by atomic mass is 10.0. The highest BCUT2D eigenvalue weighted by molar-refractivity contribution is 6.16. The lowest BCUT2D eigenvalue weighted by Crippen LogP contribution is -2.35. The molecule has 4 aromatic rings. The molecule has 0 radical (unpaired) electrons. The van der Waals surface area contributed by atoms with Crippen LogP contribution in [0.1, 0.15) is 23.2 Å². The quantitative estimate of drug-likeness (QED) is 0.290. The van der Waals surface area contributed by atoms with Gasteiger partial charge in [-0.15, -0.1) is 0 Å². The molecule has 0 saturated heterocycles. The number of ether oxygens (including phenoxy) is 2. The third-order valence-electron chi connectivity index (χ3n) is 6.42. The predicted octanol–water partition coefficient (Wildman–Crippen LogP) is 4.29. The number of pyridine rings is 2. The number of amides is 3. The van der Waals surface area contributed by atoms with Gasteiger partial charge in [-0.3, -0.25) is 19.4 Å². The lowest BCUT2D eigenvalue weighted by Gasteiger charge is -2.16. The Morgan fingerprint density at radius 2 is 1.59 bits per heavy atom. The normalized spacial score (nSPS) is 13.3. The fourth-order valence-electron chi connectivity index (χ4n) is 4.06. The first-order chi connectivity index (χ1) is 18.8. The van der Waals surface area contributed by atoms with Crippen molar-refractivity contribution in [2.75, 3.05) is 24.8 Å². The number of anilines is 2. The molecular weight excluding hydrogens is 505 g/mol. The maximum Gasteiger partial charge on any atom is 0.254 e. The van der Waals surface area contributed by atoms with E-state index in [0.717, 1.165) is 0 Å². The number of hydrogen-bond donors (Lipinski definition) is 3. The topological polar surface area (TPSA) is 132 Å². The summed E-state index contributed by atoms with van der Waals surface area (Å²) in [6.07, 6.45) is 3.79. The van der Waals surface area contributed by atoms with E-state index in [1.165, 1.54) is 44.6 Å². The Hall–Kier alpha value is -5.06. The molecule has 39 heavy (non-hydrogen) atoms. The van der Waals surface area contributed by atoms with Crippen molar-refractivity contribution in [3.05, 3.63) is 78.4 Å². The molecule has 1 fully saturated rings. The van der Waals surface area contributed by atoms with Crippen molar-refractivity contribution >= 4 is 40.0 Å². The number of nitrogens with zero attached hydrogens (tertiary/aromatic N) is 2. The highest BCUT2D eigenvalue weighted by atomic mass is 19.1.